The van der Waals surface area contributed by atoms with Gasteiger partial charge in [0, 0.05) is 18.0 Å². The Bertz CT molecular complexity index is 344. The van der Waals surface area contributed by atoms with Gasteiger partial charge >= 0.3 is 6.18 Å². The standard InChI is InChI=1S/C14H23F3N2O.ClH/c15-14(16,17)10-4-6-12(7-5-10)19-13(20)9-2-1-3-11(18)8-9;/h9-12H,1-8,18H2,(H,19,20);1H. The van der Waals surface area contributed by atoms with Gasteiger partial charge in [0.25, 0.3) is 0 Å². The lowest BCUT2D eigenvalue weighted by atomic mass is 9.83. The minimum atomic E-state index is -4.09. The molecule has 0 bridgehead atoms. The fourth-order valence-corrected chi connectivity index (χ4v) is 3.35. The molecule has 21 heavy (non-hydrogen) atoms. The molecule has 0 aliphatic heterocycles. The van der Waals surface area contributed by atoms with Gasteiger partial charge in [-0.3, -0.25) is 4.79 Å². The van der Waals surface area contributed by atoms with E-state index in [4.69, 9.17) is 5.73 Å². The van der Waals surface area contributed by atoms with Gasteiger partial charge in [-0.15, -0.1) is 12.4 Å². The van der Waals surface area contributed by atoms with Crippen molar-refractivity contribution in [3.05, 3.63) is 0 Å². The van der Waals surface area contributed by atoms with Gasteiger partial charge in [-0.25, -0.2) is 0 Å². The summed E-state index contributed by atoms with van der Waals surface area (Å²) in [6.45, 7) is 0. The number of amides is 1. The molecule has 3 N–H and O–H groups in total. The Kier molecular flexibility index (Phi) is 6.78. The zero-order valence-corrected chi connectivity index (χ0v) is 12.8. The second-order valence-electron chi connectivity index (χ2n) is 6.22. The van der Waals surface area contributed by atoms with Crippen molar-refractivity contribution in [1.29, 1.82) is 0 Å². The first kappa shape index (κ1) is 18.6. The third kappa shape index (κ3) is 5.33. The summed E-state index contributed by atoms with van der Waals surface area (Å²) in [6.07, 6.45) is 0.466. The van der Waals surface area contributed by atoms with Crippen LogP contribution in [0.4, 0.5) is 13.2 Å². The molecule has 2 rings (SSSR count). The summed E-state index contributed by atoms with van der Waals surface area (Å²) >= 11 is 0. The molecule has 1 amide bonds. The van der Waals surface area contributed by atoms with E-state index in [1.54, 1.807) is 0 Å². The fraction of sp³-hybridized carbons (Fsp3) is 0.929. The second-order valence-corrected chi connectivity index (χ2v) is 6.22. The van der Waals surface area contributed by atoms with Crippen LogP contribution in [0.25, 0.3) is 0 Å². The maximum Gasteiger partial charge on any atom is 0.391 e. The maximum atomic E-state index is 12.6. The molecule has 2 atom stereocenters. The fourth-order valence-electron chi connectivity index (χ4n) is 3.35. The van der Waals surface area contributed by atoms with Gasteiger partial charge in [-0.05, 0) is 44.9 Å². The van der Waals surface area contributed by atoms with Gasteiger partial charge in [-0.2, -0.15) is 13.2 Å². The molecular weight excluding hydrogens is 305 g/mol. The van der Waals surface area contributed by atoms with Gasteiger partial charge in [0.1, 0.15) is 0 Å². The van der Waals surface area contributed by atoms with Crippen LogP contribution in [0.15, 0.2) is 0 Å². The number of nitrogens with one attached hydrogen (secondary N) is 1. The number of alkyl halides is 3. The Labute approximate surface area is 129 Å². The molecule has 2 aliphatic rings. The van der Waals surface area contributed by atoms with Crippen molar-refractivity contribution in [3.8, 4) is 0 Å². The summed E-state index contributed by atoms with van der Waals surface area (Å²) in [5.74, 6) is -1.27. The quantitative estimate of drug-likeness (QED) is 0.818. The Balaban J connectivity index is 0.00000220. The number of rotatable bonds is 2. The molecule has 0 aromatic carbocycles. The van der Waals surface area contributed by atoms with Gasteiger partial charge in [0.05, 0.1) is 5.92 Å². The Morgan fingerprint density at radius 1 is 1.05 bits per heavy atom. The Morgan fingerprint density at radius 3 is 2.19 bits per heavy atom. The Hall–Kier alpha value is -0.490. The highest BCUT2D eigenvalue weighted by molar-refractivity contribution is 5.85. The number of hydrogen-bond donors (Lipinski definition) is 2. The average molecular weight is 329 g/mol. The van der Waals surface area contributed by atoms with Crippen molar-refractivity contribution >= 4 is 18.3 Å². The molecule has 0 heterocycles. The molecule has 0 aromatic heterocycles. The summed E-state index contributed by atoms with van der Waals surface area (Å²) < 4.78 is 37.7. The van der Waals surface area contributed by atoms with Crippen LogP contribution in [0, 0.1) is 11.8 Å². The van der Waals surface area contributed by atoms with Crippen LogP contribution in [0.2, 0.25) is 0 Å². The first-order valence-corrected chi connectivity index (χ1v) is 7.49. The molecule has 0 spiro atoms. The van der Waals surface area contributed by atoms with Crippen LogP contribution >= 0.6 is 12.4 Å². The van der Waals surface area contributed by atoms with E-state index in [9.17, 15) is 18.0 Å². The third-order valence-corrected chi connectivity index (χ3v) is 4.62. The summed E-state index contributed by atoms with van der Waals surface area (Å²) in [4.78, 5) is 12.1. The van der Waals surface area contributed by atoms with Crippen LogP contribution in [0.1, 0.15) is 51.4 Å². The zero-order chi connectivity index (χ0) is 14.8. The number of carbonyl (C=O) groups excluding carboxylic acids is 1. The van der Waals surface area contributed by atoms with Gasteiger partial charge in [0.2, 0.25) is 5.91 Å². The lowest BCUT2D eigenvalue weighted by Crippen LogP contribution is -2.44. The lowest BCUT2D eigenvalue weighted by molar-refractivity contribution is -0.182. The normalized spacial score (nSPS) is 33.9. The maximum absolute atomic E-state index is 12.6. The van der Waals surface area contributed by atoms with Gasteiger partial charge < -0.3 is 11.1 Å². The van der Waals surface area contributed by atoms with Crippen LogP contribution in [-0.2, 0) is 4.79 Å². The van der Waals surface area contributed by atoms with Gasteiger partial charge in [-0.1, -0.05) is 6.42 Å². The second kappa shape index (κ2) is 7.68. The first-order valence-electron chi connectivity index (χ1n) is 7.49. The van der Waals surface area contributed by atoms with Crippen LogP contribution in [0.5, 0.6) is 0 Å². The highest BCUT2D eigenvalue weighted by atomic mass is 35.5. The molecule has 2 aliphatic carbocycles. The van der Waals surface area contributed by atoms with E-state index in [0.717, 1.165) is 19.3 Å². The van der Waals surface area contributed by atoms with E-state index in [0.29, 0.717) is 19.3 Å². The molecule has 2 fully saturated rings. The van der Waals surface area contributed by atoms with E-state index < -0.39 is 12.1 Å². The molecule has 2 unspecified atom stereocenters. The van der Waals surface area contributed by atoms with E-state index >= 15 is 0 Å². The van der Waals surface area contributed by atoms with Crippen molar-refractivity contribution in [3.63, 3.8) is 0 Å². The van der Waals surface area contributed by atoms with Crippen molar-refractivity contribution in [2.24, 2.45) is 17.6 Å². The third-order valence-electron chi connectivity index (χ3n) is 4.62. The SMILES string of the molecule is Cl.NC1CCCC(C(=O)NC2CCC(C(F)(F)F)CC2)C1. The molecule has 0 radical (unpaired) electrons. The monoisotopic (exact) mass is 328 g/mol. The molecule has 0 aromatic rings. The van der Waals surface area contributed by atoms with Crippen molar-refractivity contribution in [2.75, 3.05) is 0 Å². The van der Waals surface area contributed by atoms with E-state index in [-0.39, 0.29) is 49.2 Å². The highest BCUT2D eigenvalue weighted by Crippen LogP contribution is 2.37. The zero-order valence-electron chi connectivity index (χ0n) is 12.0. The number of hydrogen-bond acceptors (Lipinski definition) is 2. The smallest absolute Gasteiger partial charge is 0.353 e. The van der Waals surface area contributed by atoms with Crippen molar-refractivity contribution in [1.82, 2.24) is 5.32 Å². The number of nitrogens with two attached hydrogens (primary N) is 1. The number of carbonyl (C=O) groups is 1. The number of halogens is 4. The minimum absolute atomic E-state index is 0. The lowest BCUT2D eigenvalue weighted by Gasteiger charge is -2.32. The highest BCUT2D eigenvalue weighted by Gasteiger charge is 2.41. The van der Waals surface area contributed by atoms with E-state index in [1.165, 1.54) is 0 Å². The molecule has 124 valence electrons. The minimum Gasteiger partial charge on any atom is -0.353 e. The summed E-state index contributed by atoms with van der Waals surface area (Å²) in [7, 11) is 0. The molecule has 7 heteroatoms. The molecule has 3 nitrogen and oxygen atoms in total. The molecule has 2 saturated carbocycles. The molecule has 0 saturated heterocycles. The van der Waals surface area contributed by atoms with Crippen molar-refractivity contribution in [2.45, 2.75) is 69.6 Å². The first-order chi connectivity index (χ1) is 9.36. The average Bonchev–Trinajstić information content (AvgIpc) is 2.38. The largest absolute Gasteiger partial charge is 0.391 e. The van der Waals surface area contributed by atoms with Crippen LogP contribution in [0.3, 0.4) is 0 Å². The van der Waals surface area contributed by atoms with Crippen LogP contribution < -0.4 is 11.1 Å². The summed E-state index contributed by atoms with van der Waals surface area (Å²) in [6, 6.07) is -0.0142. The predicted molar refractivity (Wildman–Crippen MR) is 77.1 cm³/mol. The van der Waals surface area contributed by atoms with Crippen molar-refractivity contribution < 1.29 is 18.0 Å². The topological polar surface area (TPSA) is 55.1 Å². The Morgan fingerprint density at radius 2 is 1.67 bits per heavy atom. The van der Waals surface area contributed by atoms with E-state index in [2.05, 4.69) is 5.32 Å². The summed E-state index contributed by atoms with van der Waals surface area (Å²) in [5.41, 5.74) is 5.86. The molecular formula is C14H24ClF3N2O. The van der Waals surface area contributed by atoms with Gasteiger partial charge in [0.15, 0.2) is 0 Å². The van der Waals surface area contributed by atoms with Crippen LogP contribution in [-0.4, -0.2) is 24.2 Å². The predicted octanol–water partition coefficient (Wildman–Crippen LogP) is 3.16. The van der Waals surface area contributed by atoms with E-state index in [1.807, 2.05) is 0 Å². The summed E-state index contributed by atoms with van der Waals surface area (Å²) in [5, 5.41) is 2.92.